The van der Waals surface area contributed by atoms with Gasteiger partial charge in [-0.2, -0.15) is 5.26 Å². The van der Waals surface area contributed by atoms with Gasteiger partial charge in [0, 0.05) is 34.6 Å². The first-order chi connectivity index (χ1) is 10.1. The fraction of sp³-hybridized carbons (Fsp3) is 0.250. The number of rotatable bonds is 5. The molecule has 0 saturated carbocycles. The third-order valence-electron chi connectivity index (χ3n) is 3.16. The zero-order valence-corrected chi connectivity index (χ0v) is 12.9. The van der Waals surface area contributed by atoms with Crippen LogP contribution in [0.5, 0.6) is 0 Å². The van der Waals surface area contributed by atoms with Gasteiger partial charge in [-0.1, -0.05) is 13.0 Å². The molecule has 0 aliphatic rings. The molecule has 2 rings (SSSR count). The molecule has 0 spiro atoms. The monoisotopic (exact) mass is 299 g/mol. The fourth-order valence-corrected chi connectivity index (χ4v) is 2.67. The summed E-state index contributed by atoms with van der Waals surface area (Å²) < 4.78 is 0. The molecule has 0 aliphatic carbocycles. The van der Waals surface area contributed by atoms with Gasteiger partial charge >= 0.3 is 0 Å². The highest BCUT2D eigenvalue weighted by Crippen LogP contribution is 2.24. The number of nitrogens with zero attached hydrogens (tertiary/aromatic N) is 1. The van der Waals surface area contributed by atoms with E-state index in [1.165, 1.54) is 0 Å². The summed E-state index contributed by atoms with van der Waals surface area (Å²) in [5, 5.41) is 16.9. The molecule has 2 aromatic rings. The average molecular weight is 299 g/mol. The third-order valence-corrected chi connectivity index (χ3v) is 4.10. The number of carbonyl (C=O) groups excluding carboxylic acids is 1. The summed E-state index contributed by atoms with van der Waals surface area (Å²) in [6, 6.07) is 9.80. The lowest BCUT2D eigenvalue weighted by Crippen LogP contribution is -2.11. The Morgan fingerprint density at radius 2 is 2.14 bits per heavy atom. The third kappa shape index (κ3) is 3.83. The molecular formula is C16H17N3OS. The standard InChI is InChI=1S/C16H17N3OS/c1-3-16(20)19-15-6-4-5-14(11(15)2)18-9-13-7-12(8-17)10-21-13/h4-7,10,18H,3,9H2,1-2H3,(H,19,20). The van der Waals surface area contributed by atoms with Gasteiger partial charge < -0.3 is 10.6 Å². The first-order valence-electron chi connectivity index (χ1n) is 6.75. The number of thiophene rings is 1. The van der Waals surface area contributed by atoms with Crippen LogP contribution in [0.25, 0.3) is 0 Å². The van der Waals surface area contributed by atoms with Crippen LogP contribution in [-0.2, 0) is 11.3 Å². The van der Waals surface area contributed by atoms with Gasteiger partial charge in [-0.25, -0.2) is 0 Å². The van der Waals surface area contributed by atoms with Crippen LogP contribution in [0.1, 0.15) is 29.3 Å². The maximum Gasteiger partial charge on any atom is 0.224 e. The Morgan fingerprint density at radius 3 is 2.81 bits per heavy atom. The van der Waals surface area contributed by atoms with E-state index < -0.39 is 0 Å². The molecule has 0 radical (unpaired) electrons. The molecule has 1 aromatic heterocycles. The second kappa shape index (κ2) is 6.91. The van der Waals surface area contributed by atoms with E-state index in [-0.39, 0.29) is 5.91 Å². The molecule has 0 aliphatic heterocycles. The van der Waals surface area contributed by atoms with Crippen molar-refractivity contribution in [3.63, 3.8) is 0 Å². The highest BCUT2D eigenvalue weighted by atomic mass is 32.1. The van der Waals surface area contributed by atoms with Crippen LogP contribution < -0.4 is 10.6 Å². The minimum absolute atomic E-state index is 0.00664. The minimum atomic E-state index is 0.00664. The molecular weight excluding hydrogens is 282 g/mol. The van der Waals surface area contributed by atoms with Crippen molar-refractivity contribution >= 4 is 28.6 Å². The van der Waals surface area contributed by atoms with E-state index in [1.54, 1.807) is 11.3 Å². The van der Waals surface area contributed by atoms with Gasteiger partial charge in [0.2, 0.25) is 5.91 Å². The van der Waals surface area contributed by atoms with Crippen molar-refractivity contribution in [3.8, 4) is 6.07 Å². The summed E-state index contributed by atoms with van der Waals surface area (Å²) in [7, 11) is 0. The van der Waals surface area contributed by atoms with E-state index in [0.717, 1.165) is 21.8 Å². The number of carbonyl (C=O) groups is 1. The molecule has 0 saturated heterocycles. The molecule has 0 unspecified atom stereocenters. The summed E-state index contributed by atoms with van der Waals surface area (Å²) in [4.78, 5) is 12.6. The first kappa shape index (κ1) is 15.1. The van der Waals surface area contributed by atoms with Crippen molar-refractivity contribution in [3.05, 3.63) is 45.6 Å². The molecule has 2 N–H and O–H groups in total. The van der Waals surface area contributed by atoms with Gasteiger partial charge in [-0.05, 0) is 30.7 Å². The minimum Gasteiger partial charge on any atom is -0.380 e. The molecule has 1 amide bonds. The van der Waals surface area contributed by atoms with Gasteiger partial charge in [0.15, 0.2) is 0 Å². The van der Waals surface area contributed by atoms with Gasteiger partial charge in [-0.3, -0.25) is 4.79 Å². The van der Waals surface area contributed by atoms with Crippen LogP contribution in [-0.4, -0.2) is 5.91 Å². The number of amides is 1. The molecule has 108 valence electrons. The predicted molar refractivity (Wildman–Crippen MR) is 86.5 cm³/mol. The summed E-state index contributed by atoms with van der Waals surface area (Å²) in [6.45, 7) is 4.47. The maximum absolute atomic E-state index is 11.5. The SMILES string of the molecule is CCC(=O)Nc1cccc(NCc2cc(C#N)cs2)c1C. The van der Waals surface area contributed by atoms with Crippen molar-refractivity contribution in [2.24, 2.45) is 0 Å². The molecule has 4 nitrogen and oxygen atoms in total. The molecule has 0 fully saturated rings. The van der Waals surface area contributed by atoms with E-state index >= 15 is 0 Å². The van der Waals surface area contributed by atoms with Crippen LogP contribution in [0.4, 0.5) is 11.4 Å². The quantitative estimate of drug-likeness (QED) is 0.880. The van der Waals surface area contributed by atoms with Crippen molar-refractivity contribution < 1.29 is 4.79 Å². The number of nitriles is 1. The lowest BCUT2D eigenvalue weighted by Gasteiger charge is -2.13. The van der Waals surface area contributed by atoms with Crippen LogP contribution in [0.3, 0.4) is 0 Å². The molecule has 5 heteroatoms. The Hall–Kier alpha value is -2.32. The number of hydrogen-bond donors (Lipinski definition) is 2. The van der Waals surface area contributed by atoms with Gasteiger partial charge in [-0.15, -0.1) is 11.3 Å². The zero-order chi connectivity index (χ0) is 15.2. The molecule has 1 aromatic carbocycles. The van der Waals surface area contributed by atoms with Gasteiger partial charge in [0.05, 0.1) is 5.56 Å². The second-order valence-corrected chi connectivity index (χ2v) is 5.64. The van der Waals surface area contributed by atoms with Crippen molar-refractivity contribution in [2.75, 3.05) is 10.6 Å². The van der Waals surface area contributed by atoms with Crippen LogP contribution in [0.2, 0.25) is 0 Å². The number of nitrogens with one attached hydrogen (secondary N) is 2. The normalized spacial score (nSPS) is 9.95. The molecule has 21 heavy (non-hydrogen) atoms. The Kier molecular flexibility index (Phi) is 4.96. The van der Waals surface area contributed by atoms with E-state index in [0.29, 0.717) is 18.5 Å². The second-order valence-electron chi connectivity index (χ2n) is 4.65. The van der Waals surface area contributed by atoms with Crippen LogP contribution in [0, 0.1) is 18.3 Å². The average Bonchev–Trinajstić information content (AvgIpc) is 2.96. The zero-order valence-electron chi connectivity index (χ0n) is 12.1. The highest BCUT2D eigenvalue weighted by molar-refractivity contribution is 7.10. The van der Waals surface area contributed by atoms with Crippen molar-refractivity contribution in [1.82, 2.24) is 0 Å². The smallest absolute Gasteiger partial charge is 0.224 e. The Morgan fingerprint density at radius 1 is 1.38 bits per heavy atom. The summed E-state index contributed by atoms with van der Waals surface area (Å²) in [5.41, 5.74) is 3.51. The summed E-state index contributed by atoms with van der Waals surface area (Å²) in [6.07, 6.45) is 0.462. The van der Waals surface area contributed by atoms with E-state index in [9.17, 15) is 4.79 Å². The fourth-order valence-electron chi connectivity index (χ4n) is 1.92. The van der Waals surface area contributed by atoms with Crippen molar-refractivity contribution in [1.29, 1.82) is 5.26 Å². The van der Waals surface area contributed by atoms with Crippen LogP contribution >= 0.6 is 11.3 Å². The van der Waals surface area contributed by atoms with Gasteiger partial charge in [0.1, 0.15) is 6.07 Å². The molecule has 0 atom stereocenters. The summed E-state index contributed by atoms with van der Waals surface area (Å²) in [5.74, 6) is 0.00664. The van der Waals surface area contributed by atoms with Crippen molar-refractivity contribution in [2.45, 2.75) is 26.8 Å². The lowest BCUT2D eigenvalue weighted by molar-refractivity contribution is -0.115. The summed E-state index contributed by atoms with van der Waals surface area (Å²) >= 11 is 1.56. The van der Waals surface area contributed by atoms with Gasteiger partial charge in [0.25, 0.3) is 0 Å². The Balaban J connectivity index is 2.08. The lowest BCUT2D eigenvalue weighted by atomic mass is 10.1. The predicted octanol–water partition coefficient (Wildman–Crippen LogP) is 3.89. The van der Waals surface area contributed by atoms with E-state index in [2.05, 4.69) is 16.7 Å². The van der Waals surface area contributed by atoms with E-state index in [1.807, 2.05) is 43.5 Å². The number of anilines is 2. The molecule has 1 heterocycles. The Bertz CT molecular complexity index is 685. The largest absolute Gasteiger partial charge is 0.380 e. The van der Waals surface area contributed by atoms with E-state index in [4.69, 9.17) is 5.26 Å². The Labute approximate surface area is 128 Å². The first-order valence-corrected chi connectivity index (χ1v) is 7.63. The maximum atomic E-state index is 11.5. The number of hydrogen-bond acceptors (Lipinski definition) is 4. The highest BCUT2D eigenvalue weighted by Gasteiger charge is 2.07. The topological polar surface area (TPSA) is 64.9 Å². The van der Waals surface area contributed by atoms with Crippen LogP contribution in [0.15, 0.2) is 29.6 Å². The molecule has 0 bridgehead atoms. The number of benzene rings is 1.